The van der Waals surface area contributed by atoms with Gasteiger partial charge in [-0.15, -0.1) is 11.3 Å². The van der Waals surface area contributed by atoms with Crippen LogP contribution in [0, 0.1) is 5.82 Å². The molecule has 3 rings (SSSR count). The SMILES string of the molecule is OCCOc1ncnc2scc(-c3ccc(F)cc3)c12. The Kier molecular flexibility index (Phi) is 3.58. The maximum absolute atomic E-state index is 13.0. The zero-order valence-electron chi connectivity index (χ0n) is 10.4. The van der Waals surface area contributed by atoms with Crippen LogP contribution in [0.5, 0.6) is 5.88 Å². The van der Waals surface area contributed by atoms with Crippen molar-refractivity contribution in [1.82, 2.24) is 9.97 Å². The molecule has 0 fully saturated rings. The number of thiophene rings is 1. The van der Waals surface area contributed by atoms with E-state index in [-0.39, 0.29) is 19.0 Å². The molecule has 102 valence electrons. The van der Waals surface area contributed by atoms with Crippen LogP contribution in [-0.4, -0.2) is 28.3 Å². The van der Waals surface area contributed by atoms with E-state index in [1.807, 2.05) is 5.38 Å². The first-order valence-corrected chi connectivity index (χ1v) is 6.89. The number of nitrogens with zero attached hydrogens (tertiary/aromatic N) is 2. The summed E-state index contributed by atoms with van der Waals surface area (Å²) in [4.78, 5) is 9.11. The maximum Gasteiger partial charge on any atom is 0.226 e. The zero-order chi connectivity index (χ0) is 13.9. The lowest BCUT2D eigenvalue weighted by Crippen LogP contribution is -2.03. The van der Waals surface area contributed by atoms with E-state index in [2.05, 4.69) is 9.97 Å². The normalized spacial score (nSPS) is 10.9. The highest BCUT2D eigenvalue weighted by atomic mass is 32.1. The van der Waals surface area contributed by atoms with Gasteiger partial charge in [-0.05, 0) is 17.7 Å². The quantitative estimate of drug-likeness (QED) is 0.802. The van der Waals surface area contributed by atoms with Crippen molar-refractivity contribution < 1.29 is 14.2 Å². The van der Waals surface area contributed by atoms with Crippen LogP contribution in [-0.2, 0) is 0 Å². The highest BCUT2D eigenvalue weighted by Crippen LogP contribution is 2.37. The van der Waals surface area contributed by atoms with Crippen molar-refractivity contribution in [2.24, 2.45) is 0 Å². The van der Waals surface area contributed by atoms with E-state index in [0.29, 0.717) is 5.88 Å². The molecule has 0 spiro atoms. The van der Waals surface area contributed by atoms with E-state index in [9.17, 15) is 4.39 Å². The molecule has 20 heavy (non-hydrogen) atoms. The second kappa shape index (κ2) is 5.52. The van der Waals surface area contributed by atoms with E-state index in [1.54, 1.807) is 12.1 Å². The first kappa shape index (κ1) is 13.0. The van der Waals surface area contributed by atoms with E-state index in [0.717, 1.165) is 21.3 Å². The first-order valence-electron chi connectivity index (χ1n) is 6.01. The van der Waals surface area contributed by atoms with Crippen molar-refractivity contribution >= 4 is 21.6 Å². The lowest BCUT2D eigenvalue weighted by Gasteiger charge is -2.06. The smallest absolute Gasteiger partial charge is 0.226 e. The van der Waals surface area contributed by atoms with Crippen LogP contribution < -0.4 is 4.74 Å². The molecule has 0 aliphatic heterocycles. The van der Waals surface area contributed by atoms with Crippen LogP contribution in [0.3, 0.4) is 0 Å². The Labute approximate surface area is 118 Å². The number of hydrogen-bond donors (Lipinski definition) is 1. The molecule has 0 bridgehead atoms. The van der Waals surface area contributed by atoms with Crippen LogP contribution in [0.15, 0.2) is 36.0 Å². The van der Waals surface area contributed by atoms with Gasteiger partial charge in [-0.2, -0.15) is 0 Å². The van der Waals surface area contributed by atoms with Crippen molar-refractivity contribution in [2.45, 2.75) is 0 Å². The Morgan fingerprint density at radius 2 is 2.00 bits per heavy atom. The van der Waals surface area contributed by atoms with E-state index in [1.165, 1.54) is 29.8 Å². The predicted octanol–water partition coefficient (Wildman–Crippen LogP) is 2.87. The van der Waals surface area contributed by atoms with Crippen molar-refractivity contribution in [3.05, 3.63) is 41.8 Å². The van der Waals surface area contributed by atoms with Gasteiger partial charge in [0.05, 0.1) is 12.0 Å². The molecule has 0 unspecified atom stereocenters. The summed E-state index contributed by atoms with van der Waals surface area (Å²) in [6.45, 7) is 0.0896. The highest BCUT2D eigenvalue weighted by Gasteiger charge is 2.14. The van der Waals surface area contributed by atoms with Gasteiger partial charge in [0.15, 0.2) is 0 Å². The first-order chi connectivity index (χ1) is 9.79. The molecule has 1 aromatic carbocycles. The van der Waals surface area contributed by atoms with Gasteiger partial charge >= 0.3 is 0 Å². The number of ether oxygens (including phenoxy) is 1. The van der Waals surface area contributed by atoms with Crippen molar-refractivity contribution in [2.75, 3.05) is 13.2 Å². The Morgan fingerprint density at radius 3 is 2.75 bits per heavy atom. The summed E-state index contributed by atoms with van der Waals surface area (Å²) in [5.41, 5.74) is 1.78. The fourth-order valence-corrected chi connectivity index (χ4v) is 2.85. The average Bonchev–Trinajstić information content (AvgIpc) is 2.90. The van der Waals surface area contributed by atoms with Gasteiger partial charge in [0.25, 0.3) is 0 Å². The number of halogens is 1. The molecule has 0 atom stereocenters. The zero-order valence-corrected chi connectivity index (χ0v) is 11.2. The number of benzene rings is 1. The Balaban J connectivity index is 2.13. The molecule has 0 radical (unpaired) electrons. The highest BCUT2D eigenvalue weighted by molar-refractivity contribution is 7.17. The predicted molar refractivity (Wildman–Crippen MR) is 75.4 cm³/mol. The van der Waals surface area contributed by atoms with Gasteiger partial charge in [-0.3, -0.25) is 0 Å². The minimum atomic E-state index is -0.277. The standard InChI is InChI=1S/C14H11FN2O2S/c15-10-3-1-9(2-4-10)11-7-20-14-12(11)13(16-8-17-14)19-6-5-18/h1-4,7-8,18H,5-6H2. The fraction of sp³-hybridized carbons (Fsp3) is 0.143. The molecule has 6 heteroatoms. The molecule has 0 amide bonds. The van der Waals surface area contributed by atoms with E-state index >= 15 is 0 Å². The van der Waals surface area contributed by atoms with Crippen molar-refractivity contribution in [3.63, 3.8) is 0 Å². The molecule has 0 aliphatic rings. The summed E-state index contributed by atoms with van der Waals surface area (Å²) in [5.74, 6) is 0.158. The molecule has 2 aromatic heterocycles. The van der Waals surface area contributed by atoms with Gasteiger partial charge in [-0.25, -0.2) is 14.4 Å². The van der Waals surface area contributed by atoms with Gasteiger partial charge in [0, 0.05) is 10.9 Å². The Bertz CT molecular complexity index is 728. The third-order valence-electron chi connectivity index (χ3n) is 2.82. The minimum Gasteiger partial charge on any atom is -0.475 e. The average molecular weight is 290 g/mol. The van der Waals surface area contributed by atoms with Crippen LogP contribution in [0.2, 0.25) is 0 Å². The van der Waals surface area contributed by atoms with Gasteiger partial charge in [-0.1, -0.05) is 12.1 Å². The third-order valence-corrected chi connectivity index (χ3v) is 3.71. The minimum absolute atomic E-state index is 0.0818. The Hall–Kier alpha value is -2.05. The number of aliphatic hydroxyl groups is 1. The largest absolute Gasteiger partial charge is 0.475 e. The molecular formula is C14H11FN2O2S. The van der Waals surface area contributed by atoms with Crippen LogP contribution in [0.1, 0.15) is 0 Å². The number of aliphatic hydroxyl groups excluding tert-OH is 1. The van der Waals surface area contributed by atoms with E-state index < -0.39 is 0 Å². The molecule has 1 N–H and O–H groups in total. The summed E-state index contributed by atoms with van der Waals surface area (Å²) in [6, 6.07) is 6.24. The second-order valence-corrected chi connectivity index (χ2v) is 4.95. The van der Waals surface area contributed by atoms with Crippen LogP contribution in [0.4, 0.5) is 4.39 Å². The Morgan fingerprint density at radius 1 is 1.20 bits per heavy atom. The second-order valence-electron chi connectivity index (χ2n) is 4.09. The maximum atomic E-state index is 13.0. The van der Waals surface area contributed by atoms with Crippen molar-refractivity contribution in [3.8, 4) is 17.0 Å². The molecular weight excluding hydrogens is 279 g/mol. The number of rotatable bonds is 4. The van der Waals surface area contributed by atoms with Crippen LogP contribution in [0.25, 0.3) is 21.3 Å². The number of aromatic nitrogens is 2. The van der Waals surface area contributed by atoms with Crippen LogP contribution >= 0.6 is 11.3 Å². The molecule has 4 nitrogen and oxygen atoms in total. The molecule has 0 saturated carbocycles. The molecule has 3 aromatic rings. The summed E-state index contributed by atoms with van der Waals surface area (Å²) in [6.07, 6.45) is 1.43. The summed E-state index contributed by atoms with van der Waals surface area (Å²) < 4.78 is 18.5. The monoisotopic (exact) mass is 290 g/mol. The van der Waals surface area contributed by atoms with Gasteiger partial charge in [0.2, 0.25) is 5.88 Å². The molecule has 0 aliphatic carbocycles. The molecule has 0 saturated heterocycles. The lowest BCUT2D eigenvalue weighted by molar-refractivity contribution is 0.198. The molecule has 2 heterocycles. The lowest BCUT2D eigenvalue weighted by atomic mass is 10.1. The van der Waals surface area contributed by atoms with E-state index in [4.69, 9.17) is 9.84 Å². The van der Waals surface area contributed by atoms with Gasteiger partial charge < -0.3 is 9.84 Å². The summed E-state index contributed by atoms with van der Waals surface area (Å²) >= 11 is 1.47. The van der Waals surface area contributed by atoms with Crippen molar-refractivity contribution in [1.29, 1.82) is 0 Å². The number of hydrogen-bond acceptors (Lipinski definition) is 5. The summed E-state index contributed by atoms with van der Waals surface area (Å²) in [5, 5.41) is 11.6. The van der Waals surface area contributed by atoms with Gasteiger partial charge in [0.1, 0.15) is 23.6 Å². The summed E-state index contributed by atoms with van der Waals surface area (Å²) in [7, 11) is 0. The fourth-order valence-electron chi connectivity index (χ4n) is 1.94. The number of fused-ring (bicyclic) bond motifs is 1. The third kappa shape index (κ3) is 2.35. The topological polar surface area (TPSA) is 55.2 Å².